The van der Waals surface area contributed by atoms with Crippen molar-refractivity contribution in [2.24, 2.45) is 5.73 Å². The lowest BCUT2D eigenvalue weighted by molar-refractivity contribution is 0.227. The number of nitrogens with zero attached hydrogens (tertiary/aromatic N) is 1. The van der Waals surface area contributed by atoms with Gasteiger partial charge < -0.3 is 5.73 Å². The van der Waals surface area contributed by atoms with E-state index in [2.05, 4.69) is 0 Å². The van der Waals surface area contributed by atoms with Gasteiger partial charge in [-0.05, 0) is 31.7 Å². The van der Waals surface area contributed by atoms with E-state index < -0.39 is 10.0 Å². The van der Waals surface area contributed by atoms with Crippen molar-refractivity contribution in [2.75, 3.05) is 12.3 Å². The molecule has 0 radical (unpaired) electrons. The lowest BCUT2D eigenvalue weighted by Crippen LogP contribution is -2.52. The highest BCUT2D eigenvalue weighted by molar-refractivity contribution is 7.89. The summed E-state index contributed by atoms with van der Waals surface area (Å²) in [5.74, 6) is 0.167. The summed E-state index contributed by atoms with van der Waals surface area (Å²) in [7, 11) is -3.22. The summed E-state index contributed by atoms with van der Waals surface area (Å²) >= 11 is 0. The maximum Gasteiger partial charge on any atom is 0.214 e. The Morgan fingerprint density at radius 1 is 1.30 bits per heavy atom. The van der Waals surface area contributed by atoms with Crippen molar-refractivity contribution in [3.8, 4) is 0 Å². The largest absolute Gasteiger partial charge is 0.326 e. The van der Waals surface area contributed by atoms with Crippen molar-refractivity contribution in [3.63, 3.8) is 0 Å². The topological polar surface area (TPSA) is 63.4 Å². The Kier molecular flexibility index (Phi) is 5.18. The van der Waals surface area contributed by atoms with Crippen molar-refractivity contribution < 1.29 is 8.42 Å². The minimum atomic E-state index is -3.22. The summed E-state index contributed by atoms with van der Waals surface area (Å²) < 4.78 is 26.7. The molecule has 0 aliphatic carbocycles. The Bertz CT molecular complexity index is 514. The normalized spacial score (nSPS) is 22.6. The molecule has 1 saturated heterocycles. The predicted molar refractivity (Wildman–Crippen MR) is 81.9 cm³/mol. The van der Waals surface area contributed by atoms with Crippen LogP contribution in [-0.2, 0) is 16.4 Å². The lowest BCUT2D eigenvalue weighted by atomic mass is 10.00. The Morgan fingerprint density at radius 3 is 2.65 bits per heavy atom. The molecule has 2 unspecified atom stereocenters. The van der Waals surface area contributed by atoms with Crippen molar-refractivity contribution >= 4 is 10.0 Å². The van der Waals surface area contributed by atoms with Gasteiger partial charge in [0, 0.05) is 18.6 Å². The van der Waals surface area contributed by atoms with Gasteiger partial charge in [-0.25, -0.2) is 8.42 Å². The molecule has 4 nitrogen and oxygen atoms in total. The van der Waals surface area contributed by atoms with E-state index in [1.807, 2.05) is 37.3 Å². The van der Waals surface area contributed by atoms with Crippen molar-refractivity contribution in [2.45, 2.75) is 44.7 Å². The number of rotatable bonds is 5. The van der Waals surface area contributed by atoms with Crippen molar-refractivity contribution in [3.05, 3.63) is 35.9 Å². The molecule has 112 valence electrons. The summed E-state index contributed by atoms with van der Waals surface area (Å²) in [6.07, 6.45) is 3.44. The molecule has 20 heavy (non-hydrogen) atoms. The molecular weight excluding hydrogens is 272 g/mol. The van der Waals surface area contributed by atoms with Crippen molar-refractivity contribution in [1.29, 1.82) is 0 Å². The van der Waals surface area contributed by atoms with Crippen LogP contribution in [0, 0.1) is 0 Å². The molecule has 0 amide bonds. The Morgan fingerprint density at radius 2 is 2.00 bits per heavy atom. The van der Waals surface area contributed by atoms with Gasteiger partial charge in [0.1, 0.15) is 0 Å². The Hall–Kier alpha value is -0.910. The van der Waals surface area contributed by atoms with Crippen LogP contribution in [0.2, 0.25) is 0 Å². The van der Waals surface area contributed by atoms with Gasteiger partial charge in [0.25, 0.3) is 0 Å². The highest BCUT2D eigenvalue weighted by Crippen LogP contribution is 2.23. The molecule has 1 aromatic carbocycles. The van der Waals surface area contributed by atoms with E-state index in [4.69, 9.17) is 5.73 Å². The summed E-state index contributed by atoms with van der Waals surface area (Å²) in [5, 5.41) is 0. The number of hydrogen-bond donors (Lipinski definition) is 1. The second-order valence-corrected chi connectivity index (χ2v) is 7.63. The van der Waals surface area contributed by atoms with Crippen LogP contribution in [-0.4, -0.2) is 37.1 Å². The SMILES string of the molecule is CC(N)C1CCCCN1S(=O)(=O)CCc1ccccc1. The molecule has 1 aliphatic rings. The molecule has 2 rings (SSSR count). The van der Waals surface area contributed by atoms with E-state index in [0.29, 0.717) is 13.0 Å². The van der Waals surface area contributed by atoms with Crippen LogP contribution in [0.3, 0.4) is 0 Å². The van der Waals surface area contributed by atoms with Gasteiger partial charge in [0.05, 0.1) is 5.75 Å². The molecule has 0 aromatic heterocycles. The first kappa shape index (κ1) is 15.5. The fraction of sp³-hybridized carbons (Fsp3) is 0.600. The molecule has 5 heteroatoms. The minimum absolute atomic E-state index is 0.0375. The number of hydrogen-bond acceptors (Lipinski definition) is 3. The number of benzene rings is 1. The molecule has 1 aliphatic heterocycles. The molecule has 1 aromatic rings. The molecule has 0 bridgehead atoms. The first-order valence-corrected chi connectivity index (χ1v) is 8.90. The third-order valence-corrected chi connectivity index (χ3v) is 5.84. The van der Waals surface area contributed by atoms with Gasteiger partial charge in [-0.1, -0.05) is 36.8 Å². The van der Waals surface area contributed by atoms with E-state index >= 15 is 0 Å². The van der Waals surface area contributed by atoms with Gasteiger partial charge in [0.15, 0.2) is 0 Å². The zero-order chi connectivity index (χ0) is 14.6. The second kappa shape index (κ2) is 6.70. The van der Waals surface area contributed by atoms with Crippen LogP contribution in [0.15, 0.2) is 30.3 Å². The third-order valence-electron chi connectivity index (χ3n) is 3.95. The quantitative estimate of drug-likeness (QED) is 0.900. The zero-order valence-corrected chi connectivity index (χ0v) is 12.8. The maximum atomic E-state index is 12.5. The van der Waals surface area contributed by atoms with E-state index in [9.17, 15) is 8.42 Å². The first-order chi connectivity index (χ1) is 9.50. The molecular formula is C15H24N2O2S. The van der Waals surface area contributed by atoms with Gasteiger partial charge in [-0.3, -0.25) is 0 Å². The molecule has 0 spiro atoms. The van der Waals surface area contributed by atoms with Crippen molar-refractivity contribution in [1.82, 2.24) is 4.31 Å². The van der Waals surface area contributed by atoms with E-state index in [1.165, 1.54) is 0 Å². The van der Waals surface area contributed by atoms with Crippen LogP contribution < -0.4 is 5.73 Å². The lowest BCUT2D eigenvalue weighted by Gasteiger charge is -2.36. The van der Waals surface area contributed by atoms with Crippen LogP contribution in [0.5, 0.6) is 0 Å². The molecule has 2 N–H and O–H groups in total. The molecule has 0 saturated carbocycles. The van der Waals surface area contributed by atoms with Crippen LogP contribution in [0.25, 0.3) is 0 Å². The predicted octanol–water partition coefficient (Wildman–Crippen LogP) is 1.76. The number of piperidine rings is 1. The first-order valence-electron chi connectivity index (χ1n) is 7.30. The number of aryl methyl sites for hydroxylation is 1. The fourth-order valence-electron chi connectivity index (χ4n) is 2.81. The van der Waals surface area contributed by atoms with Gasteiger partial charge in [-0.15, -0.1) is 0 Å². The minimum Gasteiger partial charge on any atom is -0.326 e. The smallest absolute Gasteiger partial charge is 0.214 e. The summed E-state index contributed by atoms with van der Waals surface area (Å²) in [6, 6.07) is 9.60. The Labute approximate surface area is 122 Å². The molecule has 1 heterocycles. The highest BCUT2D eigenvalue weighted by Gasteiger charge is 2.33. The Balaban J connectivity index is 2.05. The molecule has 2 atom stereocenters. The second-order valence-electron chi connectivity index (χ2n) is 5.58. The highest BCUT2D eigenvalue weighted by atomic mass is 32.2. The summed E-state index contributed by atoms with van der Waals surface area (Å²) in [5.41, 5.74) is 7.02. The zero-order valence-electron chi connectivity index (χ0n) is 12.0. The van der Waals surface area contributed by atoms with Crippen LogP contribution in [0.4, 0.5) is 0 Å². The third kappa shape index (κ3) is 3.81. The average molecular weight is 296 g/mol. The number of nitrogens with two attached hydrogens (primary N) is 1. The van der Waals surface area contributed by atoms with E-state index in [0.717, 1.165) is 24.8 Å². The molecule has 1 fully saturated rings. The van der Waals surface area contributed by atoms with E-state index in [-0.39, 0.29) is 17.8 Å². The maximum absolute atomic E-state index is 12.5. The fourth-order valence-corrected chi connectivity index (χ4v) is 4.66. The van der Waals surface area contributed by atoms with Crippen LogP contribution in [0.1, 0.15) is 31.7 Å². The summed E-state index contributed by atoms with van der Waals surface area (Å²) in [4.78, 5) is 0. The van der Waals surface area contributed by atoms with E-state index in [1.54, 1.807) is 4.31 Å². The standard InChI is InChI=1S/C15H24N2O2S/c1-13(16)15-9-5-6-11-17(15)20(18,19)12-10-14-7-3-2-4-8-14/h2-4,7-8,13,15H,5-6,9-12,16H2,1H3. The van der Waals surface area contributed by atoms with Gasteiger partial charge >= 0.3 is 0 Å². The summed E-state index contributed by atoms with van der Waals surface area (Å²) in [6.45, 7) is 2.51. The van der Waals surface area contributed by atoms with Gasteiger partial charge in [-0.2, -0.15) is 4.31 Å². The van der Waals surface area contributed by atoms with Gasteiger partial charge in [0.2, 0.25) is 10.0 Å². The number of sulfonamides is 1. The monoisotopic (exact) mass is 296 g/mol. The average Bonchev–Trinajstić information content (AvgIpc) is 2.46. The van der Waals surface area contributed by atoms with Crippen LogP contribution >= 0.6 is 0 Å².